The van der Waals surface area contributed by atoms with E-state index in [0.717, 1.165) is 31.2 Å². The lowest BCUT2D eigenvalue weighted by atomic mass is 9.84. The van der Waals surface area contributed by atoms with Gasteiger partial charge in [0.2, 0.25) is 0 Å². The topological polar surface area (TPSA) is 66.8 Å². The fourth-order valence-corrected chi connectivity index (χ4v) is 4.08. The van der Waals surface area contributed by atoms with Crippen LogP contribution in [0.15, 0.2) is 24.3 Å². The van der Waals surface area contributed by atoms with Crippen molar-refractivity contribution in [3.05, 3.63) is 35.4 Å². The van der Waals surface area contributed by atoms with Gasteiger partial charge in [0.15, 0.2) is 0 Å². The summed E-state index contributed by atoms with van der Waals surface area (Å²) in [5.41, 5.74) is 1.47. The molecule has 5 nitrogen and oxygen atoms in total. The molecule has 0 spiro atoms. The smallest absolute Gasteiger partial charge is 0.326 e. The van der Waals surface area contributed by atoms with Crippen LogP contribution in [0.1, 0.15) is 48.0 Å². The highest BCUT2D eigenvalue weighted by Crippen LogP contribution is 2.40. The van der Waals surface area contributed by atoms with Crippen LogP contribution in [-0.2, 0) is 16.1 Å². The van der Waals surface area contributed by atoms with Crippen LogP contribution in [0.5, 0.6) is 0 Å². The number of nitrogens with zero attached hydrogens (tertiary/aromatic N) is 1. The fraction of sp³-hybridized carbons (Fsp3) is 0.556. The molecule has 1 aliphatic heterocycles. The Morgan fingerprint density at radius 1 is 1.30 bits per heavy atom. The Labute approximate surface area is 136 Å². The summed E-state index contributed by atoms with van der Waals surface area (Å²) < 4.78 is 5.11. The Kier molecular flexibility index (Phi) is 4.66. The number of aliphatic carboxylic acids is 1. The van der Waals surface area contributed by atoms with Crippen LogP contribution in [-0.4, -0.2) is 41.1 Å². The number of benzene rings is 1. The molecule has 1 saturated carbocycles. The fourth-order valence-electron chi connectivity index (χ4n) is 4.08. The summed E-state index contributed by atoms with van der Waals surface area (Å²) in [6.07, 6.45) is 4.74. The summed E-state index contributed by atoms with van der Waals surface area (Å²) >= 11 is 0. The van der Waals surface area contributed by atoms with Gasteiger partial charge in [-0.1, -0.05) is 25.0 Å². The summed E-state index contributed by atoms with van der Waals surface area (Å²) in [6, 6.07) is 6.68. The number of amides is 1. The highest BCUT2D eigenvalue weighted by molar-refractivity contribution is 5.97. The Bertz CT molecular complexity index is 600. The second kappa shape index (κ2) is 6.71. The van der Waals surface area contributed by atoms with Crippen molar-refractivity contribution in [1.29, 1.82) is 0 Å². The van der Waals surface area contributed by atoms with Gasteiger partial charge in [0, 0.05) is 18.7 Å². The molecule has 0 radical (unpaired) electrons. The SMILES string of the molecule is COCc1cccc(C(=O)N2[C@H](C(=O)O)C[C@@H]3CCCC[C@@H]32)c1. The minimum Gasteiger partial charge on any atom is -0.480 e. The number of fused-ring (bicyclic) bond motifs is 1. The van der Waals surface area contributed by atoms with Crippen LogP contribution in [0.3, 0.4) is 0 Å². The van der Waals surface area contributed by atoms with E-state index in [1.807, 2.05) is 12.1 Å². The van der Waals surface area contributed by atoms with Crippen LogP contribution >= 0.6 is 0 Å². The van der Waals surface area contributed by atoms with Gasteiger partial charge in [0.1, 0.15) is 6.04 Å². The van der Waals surface area contributed by atoms with Gasteiger partial charge in [-0.15, -0.1) is 0 Å². The normalized spacial score (nSPS) is 26.8. The molecule has 1 amide bonds. The number of carbonyl (C=O) groups is 2. The molecule has 1 N–H and O–H groups in total. The van der Waals surface area contributed by atoms with Crippen LogP contribution in [0.2, 0.25) is 0 Å². The van der Waals surface area contributed by atoms with Crippen molar-refractivity contribution in [1.82, 2.24) is 4.90 Å². The molecule has 0 aromatic heterocycles. The van der Waals surface area contributed by atoms with E-state index < -0.39 is 12.0 Å². The minimum absolute atomic E-state index is 0.0726. The molecule has 0 unspecified atom stereocenters. The molecular formula is C18H23NO4. The van der Waals surface area contributed by atoms with Crippen LogP contribution in [0, 0.1) is 5.92 Å². The third kappa shape index (κ3) is 3.11. The van der Waals surface area contributed by atoms with Gasteiger partial charge in [0.05, 0.1) is 6.61 Å². The maximum Gasteiger partial charge on any atom is 0.326 e. The molecule has 1 aromatic rings. The highest BCUT2D eigenvalue weighted by Gasteiger charge is 2.47. The molecule has 3 rings (SSSR count). The third-order valence-corrected chi connectivity index (χ3v) is 5.09. The molecule has 0 bridgehead atoms. The van der Waals surface area contributed by atoms with E-state index in [1.165, 1.54) is 0 Å². The lowest BCUT2D eigenvalue weighted by Gasteiger charge is -2.33. The number of ether oxygens (including phenoxy) is 1. The number of likely N-dealkylation sites (tertiary alicyclic amines) is 1. The lowest BCUT2D eigenvalue weighted by Crippen LogP contribution is -2.46. The first-order valence-electron chi connectivity index (χ1n) is 8.25. The number of hydrogen-bond acceptors (Lipinski definition) is 3. The number of methoxy groups -OCH3 is 1. The molecule has 124 valence electrons. The van der Waals surface area contributed by atoms with Gasteiger partial charge >= 0.3 is 5.97 Å². The zero-order chi connectivity index (χ0) is 16.4. The molecule has 1 saturated heterocycles. The van der Waals surface area contributed by atoms with Crippen LogP contribution in [0.25, 0.3) is 0 Å². The molecule has 5 heteroatoms. The monoisotopic (exact) mass is 317 g/mol. The second-order valence-corrected chi connectivity index (χ2v) is 6.55. The van der Waals surface area contributed by atoms with E-state index in [1.54, 1.807) is 24.1 Å². The van der Waals surface area contributed by atoms with Gasteiger partial charge in [-0.2, -0.15) is 0 Å². The van der Waals surface area contributed by atoms with E-state index in [4.69, 9.17) is 4.74 Å². The zero-order valence-corrected chi connectivity index (χ0v) is 13.4. The summed E-state index contributed by atoms with van der Waals surface area (Å²) in [7, 11) is 1.61. The molecule has 2 aliphatic rings. The third-order valence-electron chi connectivity index (χ3n) is 5.09. The average Bonchev–Trinajstić information content (AvgIpc) is 2.94. The van der Waals surface area contributed by atoms with Crippen LogP contribution in [0.4, 0.5) is 0 Å². The predicted octanol–water partition coefficient (Wildman–Crippen LogP) is 2.69. The predicted molar refractivity (Wildman–Crippen MR) is 85.1 cm³/mol. The van der Waals surface area contributed by atoms with Gasteiger partial charge in [-0.05, 0) is 42.9 Å². The second-order valence-electron chi connectivity index (χ2n) is 6.55. The maximum atomic E-state index is 13.0. The molecule has 1 heterocycles. The standard InChI is InChI=1S/C18H23NO4/c1-23-11-12-5-4-7-14(9-12)17(20)19-15-8-3-2-6-13(15)10-16(19)18(21)22/h4-5,7,9,13,15-16H,2-3,6,8,10-11H2,1H3,(H,21,22)/t13-,15-,16-/m0/s1. The molecular weight excluding hydrogens is 294 g/mol. The van der Waals surface area contributed by atoms with E-state index >= 15 is 0 Å². The number of carboxylic acids is 1. The summed E-state index contributed by atoms with van der Waals surface area (Å²) in [4.78, 5) is 26.3. The lowest BCUT2D eigenvalue weighted by molar-refractivity contribution is -0.141. The number of carbonyl (C=O) groups excluding carboxylic acids is 1. The Hall–Kier alpha value is -1.88. The van der Waals surface area contributed by atoms with E-state index in [-0.39, 0.29) is 11.9 Å². The Morgan fingerprint density at radius 3 is 2.83 bits per heavy atom. The molecule has 2 fully saturated rings. The highest BCUT2D eigenvalue weighted by atomic mass is 16.5. The number of rotatable bonds is 4. The summed E-state index contributed by atoms with van der Waals surface area (Å²) in [5.74, 6) is -0.721. The summed E-state index contributed by atoms with van der Waals surface area (Å²) in [5, 5.41) is 9.55. The van der Waals surface area contributed by atoms with Crippen molar-refractivity contribution in [2.45, 2.75) is 50.8 Å². The molecule has 3 atom stereocenters. The molecule has 23 heavy (non-hydrogen) atoms. The van der Waals surface area contributed by atoms with Crippen molar-refractivity contribution in [2.24, 2.45) is 5.92 Å². The van der Waals surface area contributed by atoms with E-state index in [2.05, 4.69) is 0 Å². The van der Waals surface area contributed by atoms with Crippen molar-refractivity contribution in [3.63, 3.8) is 0 Å². The molecule has 1 aromatic carbocycles. The van der Waals surface area contributed by atoms with Gasteiger partial charge in [0.25, 0.3) is 5.91 Å². The largest absolute Gasteiger partial charge is 0.480 e. The van der Waals surface area contributed by atoms with Crippen molar-refractivity contribution in [3.8, 4) is 0 Å². The Morgan fingerprint density at radius 2 is 2.09 bits per heavy atom. The number of hydrogen-bond donors (Lipinski definition) is 1. The molecule has 1 aliphatic carbocycles. The zero-order valence-electron chi connectivity index (χ0n) is 13.4. The van der Waals surface area contributed by atoms with Crippen molar-refractivity contribution in [2.75, 3.05) is 7.11 Å². The minimum atomic E-state index is -0.888. The van der Waals surface area contributed by atoms with Crippen molar-refractivity contribution >= 4 is 11.9 Å². The maximum absolute atomic E-state index is 13.0. The van der Waals surface area contributed by atoms with Gasteiger partial charge in [-0.3, -0.25) is 4.79 Å². The Balaban J connectivity index is 1.89. The summed E-state index contributed by atoms with van der Waals surface area (Å²) in [6.45, 7) is 0.440. The first-order chi connectivity index (χ1) is 11.1. The quantitative estimate of drug-likeness (QED) is 0.927. The van der Waals surface area contributed by atoms with E-state index in [9.17, 15) is 14.7 Å². The first kappa shape index (κ1) is 16.0. The van der Waals surface area contributed by atoms with Gasteiger partial charge in [-0.25, -0.2) is 4.79 Å². The number of carboxylic acid groups (broad SMARTS) is 1. The van der Waals surface area contributed by atoms with Gasteiger partial charge < -0.3 is 14.7 Å². The van der Waals surface area contributed by atoms with E-state index in [0.29, 0.717) is 24.5 Å². The van der Waals surface area contributed by atoms with Crippen LogP contribution < -0.4 is 0 Å². The first-order valence-corrected chi connectivity index (χ1v) is 8.25. The van der Waals surface area contributed by atoms with Crippen molar-refractivity contribution < 1.29 is 19.4 Å². The average molecular weight is 317 g/mol.